The highest BCUT2D eigenvalue weighted by Crippen LogP contribution is 2.18. The van der Waals surface area contributed by atoms with Crippen LogP contribution in [0.1, 0.15) is 19.8 Å². The fourth-order valence-corrected chi connectivity index (χ4v) is 2.65. The first-order chi connectivity index (χ1) is 7.72. The summed E-state index contributed by atoms with van der Waals surface area (Å²) in [4.78, 5) is 24.0. The number of rotatable bonds is 4. The van der Waals surface area contributed by atoms with Crippen molar-refractivity contribution in [2.24, 2.45) is 0 Å². The van der Waals surface area contributed by atoms with Gasteiger partial charge in [-0.25, -0.2) is 17.9 Å². The van der Waals surface area contributed by atoms with Crippen molar-refractivity contribution in [2.75, 3.05) is 12.8 Å². The number of nitrogens with zero attached hydrogens (tertiary/aromatic N) is 1. The molecular formula is C9H16N2O5S. The van der Waals surface area contributed by atoms with E-state index in [2.05, 4.69) is 4.72 Å². The van der Waals surface area contributed by atoms with Crippen molar-refractivity contribution in [1.29, 1.82) is 0 Å². The van der Waals surface area contributed by atoms with Crippen molar-refractivity contribution < 1.29 is 23.1 Å². The van der Waals surface area contributed by atoms with Gasteiger partial charge in [0.25, 0.3) is 0 Å². The number of amides is 1. The third-order valence-corrected chi connectivity index (χ3v) is 3.36. The van der Waals surface area contributed by atoms with Gasteiger partial charge in [-0.3, -0.25) is 4.79 Å². The van der Waals surface area contributed by atoms with E-state index in [4.69, 9.17) is 5.11 Å². The number of likely N-dealkylation sites (tertiary alicyclic amines) is 1. The Morgan fingerprint density at radius 3 is 2.53 bits per heavy atom. The summed E-state index contributed by atoms with van der Waals surface area (Å²) in [7, 11) is -3.48. The van der Waals surface area contributed by atoms with E-state index in [1.54, 1.807) is 0 Å². The lowest BCUT2D eigenvalue weighted by atomic mass is 10.2. The molecule has 8 heteroatoms. The summed E-state index contributed by atoms with van der Waals surface area (Å²) in [5.41, 5.74) is 0. The van der Waals surface area contributed by atoms with Gasteiger partial charge < -0.3 is 10.0 Å². The Bertz CT molecular complexity index is 419. The molecule has 1 aliphatic heterocycles. The highest BCUT2D eigenvalue weighted by Gasteiger charge is 2.36. The number of hydrogen-bond donors (Lipinski definition) is 2. The number of carbonyl (C=O) groups excluding carboxylic acids is 1. The van der Waals surface area contributed by atoms with Gasteiger partial charge in [-0.05, 0) is 19.8 Å². The second-order valence-electron chi connectivity index (χ2n) is 4.14. The number of aliphatic carboxylic acids is 1. The minimum Gasteiger partial charge on any atom is -0.480 e. The van der Waals surface area contributed by atoms with Crippen LogP contribution in [0, 0.1) is 0 Å². The summed E-state index contributed by atoms with van der Waals surface area (Å²) < 4.78 is 24.1. The molecule has 0 bridgehead atoms. The first-order valence-electron chi connectivity index (χ1n) is 5.23. The summed E-state index contributed by atoms with van der Waals surface area (Å²) in [5, 5.41) is 8.91. The van der Waals surface area contributed by atoms with E-state index < -0.39 is 34.0 Å². The molecule has 0 radical (unpaired) electrons. The molecule has 1 rings (SSSR count). The summed E-state index contributed by atoms with van der Waals surface area (Å²) >= 11 is 0. The van der Waals surface area contributed by atoms with Crippen LogP contribution < -0.4 is 4.72 Å². The molecule has 98 valence electrons. The Morgan fingerprint density at radius 2 is 2.06 bits per heavy atom. The number of hydrogen-bond acceptors (Lipinski definition) is 4. The fraction of sp³-hybridized carbons (Fsp3) is 0.778. The molecule has 2 atom stereocenters. The maximum Gasteiger partial charge on any atom is 0.326 e. The molecule has 0 saturated carbocycles. The number of carboxylic acids is 1. The quantitative estimate of drug-likeness (QED) is 0.677. The molecule has 1 heterocycles. The van der Waals surface area contributed by atoms with Crippen molar-refractivity contribution in [3.8, 4) is 0 Å². The standard InChI is InChI=1S/C9H16N2O5S/c1-6(10-17(2,15)16)8(12)11-5-3-4-7(11)9(13)14/h6-7,10H,3-5H2,1-2H3,(H,13,14)/t6-,7+/m1/s1. The van der Waals surface area contributed by atoms with Gasteiger partial charge in [-0.2, -0.15) is 0 Å². The van der Waals surface area contributed by atoms with Crippen molar-refractivity contribution in [3.05, 3.63) is 0 Å². The highest BCUT2D eigenvalue weighted by molar-refractivity contribution is 7.88. The highest BCUT2D eigenvalue weighted by atomic mass is 32.2. The van der Waals surface area contributed by atoms with Crippen molar-refractivity contribution >= 4 is 21.9 Å². The van der Waals surface area contributed by atoms with Gasteiger partial charge in [-0.1, -0.05) is 0 Å². The second-order valence-corrected chi connectivity index (χ2v) is 5.92. The van der Waals surface area contributed by atoms with Crippen LogP contribution in [-0.4, -0.2) is 55.2 Å². The number of carbonyl (C=O) groups is 2. The molecule has 17 heavy (non-hydrogen) atoms. The molecule has 1 saturated heterocycles. The first-order valence-corrected chi connectivity index (χ1v) is 7.12. The second kappa shape index (κ2) is 5.01. The van der Waals surface area contributed by atoms with E-state index in [-0.39, 0.29) is 0 Å². The maximum atomic E-state index is 11.9. The number of carboxylic acid groups (broad SMARTS) is 1. The van der Waals surface area contributed by atoms with Crippen molar-refractivity contribution in [2.45, 2.75) is 31.8 Å². The van der Waals surface area contributed by atoms with E-state index in [0.29, 0.717) is 19.4 Å². The van der Waals surface area contributed by atoms with Gasteiger partial charge in [0.2, 0.25) is 15.9 Å². The third kappa shape index (κ3) is 3.67. The van der Waals surface area contributed by atoms with E-state index >= 15 is 0 Å². The lowest BCUT2D eigenvalue weighted by Gasteiger charge is -2.24. The zero-order chi connectivity index (χ0) is 13.2. The van der Waals surface area contributed by atoms with Gasteiger partial charge in [-0.15, -0.1) is 0 Å². The summed E-state index contributed by atoms with van der Waals surface area (Å²) in [6.45, 7) is 1.76. The zero-order valence-electron chi connectivity index (χ0n) is 9.71. The summed E-state index contributed by atoms with van der Waals surface area (Å²) in [6, 6.07) is -1.78. The Balaban J connectivity index is 2.72. The lowest BCUT2D eigenvalue weighted by Crippen LogP contribution is -2.50. The van der Waals surface area contributed by atoms with Crippen LogP contribution in [0.2, 0.25) is 0 Å². The predicted octanol–water partition coefficient (Wildman–Crippen LogP) is -1.00. The van der Waals surface area contributed by atoms with Crippen LogP contribution in [0.5, 0.6) is 0 Å². The van der Waals surface area contributed by atoms with Gasteiger partial charge >= 0.3 is 5.97 Å². The summed E-state index contributed by atoms with van der Waals surface area (Å²) in [5.74, 6) is -1.55. The van der Waals surface area contributed by atoms with Crippen LogP contribution >= 0.6 is 0 Å². The van der Waals surface area contributed by atoms with Gasteiger partial charge in [0.1, 0.15) is 6.04 Å². The summed E-state index contributed by atoms with van der Waals surface area (Å²) in [6.07, 6.45) is 1.98. The number of nitrogens with one attached hydrogen (secondary N) is 1. The molecule has 0 aliphatic carbocycles. The Hall–Kier alpha value is -1.15. The average molecular weight is 264 g/mol. The van der Waals surface area contributed by atoms with E-state index in [1.165, 1.54) is 11.8 Å². The monoisotopic (exact) mass is 264 g/mol. The minimum atomic E-state index is -3.48. The Kier molecular flexibility index (Phi) is 4.10. The molecule has 2 N–H and O–H groups in total. The van der Waals surface area contributed by atoms with Gasteiger partial charge in [0.05, 0.1) is 12.3 Å². The zero-order valence-corrected chi connectivity index (χ0v) is 10.5. The topological polar surface area (TPSA) is 104 Å². The molecule has 7 nitrogen and oxygen atoms in total. The third-order valence-electron chi connectivity index (χ3n) is 2.58. The first kappa shape index (κ1) is 13.9. The lowest BCUT2D eigenvalue weighted by molar-refractivity contribution is -0.148. The minimum absolute atomic E-state index is 0.353. The molecule has 1 fully saturated rings. The van der Waals surface area contributed by atoms with Crippen LogP contribution in [-0.2, 0) is 19.6 Å². The molecule has 0 aromatic heterocycles. The Morgan fingerprint density at radius 1 is 1.47 bits per heavy atom. The molecule has 0 spiro atoms. The molecule has 0 aromatic rings. The largest absolute Gasteiger partial charge is 0.480 e. The van der Waals surface area contributed by atoms with Crippen LogP contribution in [0.25, 0.3) is 0 Å². The molecule has 0 unspecified atom stereocenters. The fourth-order valence-electron chi connectivity index (χ4n) is 1.91. The number of sulfonamides is 1. The van der Waals surface area contributed by atoms with Crippen LogP contribution in [0.4, 0.5) is 0 Å². The normalized spacial score (nSPS) is 22.5. The van der Waals surface area contributed by atoms with Crippen LogP contribution in [0.3, 0.4) is 0 Å². The molecular weight excluding hydrogens is 248 g/mol. The molecule has 1 amide bonds. The van der Waals surface area contributed by atoms with Crippen molar-refractivity contribution in [1.82, 2.24) is 9.62 Å². The van der Waals surface area contributed by atoms with Gasteiger partial charge in [0, 0.05) is 6.54 Å². The van der Waals surface area contributed by atoms with Crippen molar-refractivity contribution in [3.63, 3.8) is 0 Å². The smallest absolute Gasteiger partial charge is 0.326 e. The predicted molar refractivity (Wildman–Crippen MR) is 59.8 cm³/mol. The Labute approximate surface area is 99.8 Å². The SMILES string of the molecule is C[C@@H](NS(C)(=O)=O)C(=O)N1CCC[C@H]1C(=O)O. The molecule has 0 aromatic carbocycles. The maximum absolute atomic E-state index is 11.9. The van der Waals surface area contributed by atoms with E-state index in [0.717, 1.165) is 6.26 Å². The van der Waals surface area contributed by atoms with Gasteiger partial charge in [0.15, 0.2) is 0 Å². The molecule has 1 aliphatic rings. The van der Waals surface area contributed by atoms with E-state index in [9.17, 15) is 18.0 Å². The van der Waals surface area contributed by atoms with Crippen LogP contribution in [0.15, 0.2) is 0 Å². The van der Waals surface area contributed by atoms with E-state index in [1.807, 2.05) is 0 Å². The average Bonchev–Trinajstić information content (AvgIpc) is 2.61.